The number of primary amides is 1. The molecule has 0 aromatic heterocycles. The molecule has 1 atom stereocenters. The third-order valence-electron chi connectivity index (χ3n) is 8.97. The van der Waals surface area contributed by atoms with Gasteiger partial charge in [-0.15, -0.1) is 0 Å². The van der Waals surface area contributed by atoms with Crippen LogP contribution in [0.2, 0.25) is 10.0 Å². The Morgan fingerprint density at radius 2 is 1.72 bits per heavy atom. The topological polar surface area (TPSA) is 93.7 Å². The number of amides is 2. The van der Waals surface area contributed by atoms with E-state index in [0.29, 0.717) is 27.2 Å². The van der Waals surface area contributed by atoms with Gasteiger partial charge in [-0.3, -0.25) is 9.59 Å². The molecule has 2 N–H and O–H groups in total. The van der Waals surface area contributed by atoms with Crippen LogP contribution in [-0.2, 0) is 4.79 Å². The highest BCUT2D eigenvalue weighted by Gasteiger charge is 2.28. The molecule has 2 fully saturated rings. The molecule has 2 aliphatic rings. The Morgan fingerprint density at radius 1 is 0.977 bits per heavy atom. The van der Waals surface area contributed by atoms with Gasteiger partial charge in [-0.05, 0) is 105 Å². The van der Waals surface area contributed by atoms with Crippen molar-refractivity contribution in [2.45, 2.75) is 50.5 Å². The minimum absolute atomic E-state index is 0.108. The Hall–Kier alpha value is -3.15. The second-order valence-corrected chi connectivity index (χ2v) is 12.7. The Bertz CT molecular complexity index is 1490. The van der Waals surface area contributed by atoms with Gasteiger partial charge in [-0.2, -0.15) is 5.26 Å². The van der Waals surface area contributed by atoms with E-state index in [4.69, 9.17) is 28.9 Å². The van der Waals surface area contributed by atoms with E-state index >= 15 is 0 Å². The lowest BCUT2D eigenvalue weighted by Crippen LogP contribution is -2.47. The van der Waals surface area contributed by atoms with Crippen LogP contribution in [-0.4, -0.2) is 78.4 Å². The smallest absolute Gasteiger partial charge is 0.255 e. The lowest BCUT2D eigenvalue weighted by Gasteiger charge is -2.40. The highest BCUT2D eigenvalue weighted by molar-refractivity contribution is 6.42. The quantitative estimate of drug-likeness (QED) is 0.297. The average molecular weight is 621 g/mol. The monoisotopic (exact) mass is 619 g/mol. The number of nitrogens with two attached hydrogens (primary N) is 1. The zero-order chi connectivity index (χ0) is 30.3. The summed E-state index contributed by atoms with van der Waals surface area (Å²) in [6, 6.07) is 19.2. The summed E-state index contributed by atoms with van der Waals surface area (Å²) >= 11 is 12.7. The SMILES string of the molecule is N#Cc1cc(C(=O)N(CC(N)=O)C[C@@H](CCN2CCC(N3CCCCC3)CC2)c2ccc(Cl)c(Cl)c2)c2ccccc2c1. The Kier molecular flexibility index (Phi) is 10.6. The number of piperidine rings is 2. The summed E-state index contributed by atoms with van der Waals surface area (Å²) in [4.78, 5) is 33.0. The van der Waals surface area contributed by atoms with E-state index in [-0.39, 0.29) is 24.9 Å². The predicted octanol–water partition coefficient (Wildman–Crippen LogP) is 6.07. The fourth-order valence-electron chi connectivity index (χ4n) is 6.66. The van der Waals surface area contributed by atoms with Gasteiger partial charge in [0.05, 0.1) is 28.2 Å². The predicted molar refractivity (Wildman–Crippen MR) is 172 cm³/mol. The molecular formula is C34H39Cl2N5O2. The molecule has 2 heterocycles. The number of rotatable bonds is 10. The maximum absolute atomic E-state index is 14.1. The molecule has 7 nitrogen and oxygen atoms in total. The Balaban J connectivity index is 1.36. The molecule has 2 aliphatic heterocycles. The van der Waals surface area contributed by atoms with Crippen LogP contribution in [0.4, 0.5) is 0 Å². The van der Waals surface area contributed by atoms with Crippen molar-refractivity contribution in [1.29, 1.82) is 5.26 Å². The van der Waals surface area contributed by atoms with Crippen LogP contribution >= 0.6 is 23.2 Å². The minimum atomic E-state index is -0.596. The van der Waals surface area contributed by atoms with Gasteiger partial charge < -0.3 is 20.4 Å². The van der Waals surface area contributed by atoms with Crippen molar-refractivity contribution in [3.63, 3.8) is 0 Å². The molecule has 3 aromatic rings. The molecule has 0 aliphatic carbocycles. The summed E-state index contributed by atoms with van der Waals surface area (Å²) in [6.45, 7) is 5.44. The van der Waals surface area contributed by atoms with Gasteiger partial charge in [-0.1, -0.05) is 60.0 Å². The van der Waals surface area contributed by atoms with E-state index < -0.39 is 5.91 Å². The van der Waals surface area contributed by atoms with Crippen molar-refractivity contribution in [2.24, 2.45) is 5.73 Å². The Labute approximate surface area is 264 Å². The van der Waals surface area contributed by atoms with E-state index in [1.165, 1.54) is 50.1 Å². The molecule has 43 heavy (non-hydrogen) atoms. The van der Waals surface area contributed by atoms with Crippen LogP contribution in [0.25, 0.3) is 10.8 Å². The molecule has 3 aromatic carbocycles. The van der Waals surface area contributed by atoms with Gasteiger partial charge in [0.1, 0.15) is 0 Å². The molecule has 0 bridgehead atoms. The number of fused-ring (bicyclic) bond motifs is 1. The highest BCUT2D eigenvalue weighted by atomic mass is 35.5. The van der Waals surface area contributed by atoms with Gasteiger partial charge in [0.15, 0.2) is 0 Å². The molecular weight excluding hydrogens is 581 g/mol. The zero-order valence-electron chi connectivity index (χ0n) is 24.5. The highest BCUT2D eigenvalue weighted by Crippen LogP contribution is 2.31. The third-order valence-corrected chi connectivity index (χ3v) is 9.71. The van der Waals surface area contributed by atoms with Crippen molar-refractivity contribution in [3.05, 3.63) is 81.3 Å². The second kappa shape index (κ2) is 14.5. The molecule has 2 saturated heterocycles. The van der Waals surface area contributed by atoms with E-state index in [1.807, 2.05) is 36.4 Å². The Morgan fingerprint density at radius 3 is 2.42 bits per heavy atom. The van der Waals surface area contributed by atoms with Crippen LogP contribution < -0.4 is 5.73 Å². The summed E-state index contributed by atoms with van der Waals surface area (Å²) in [5.41, 5.74) is 7.38. The van der Waals surface area contributed by atoms with Gasteiger partial charge in [0.2, 0.25) is 5.91 Å². The van der Waals surface area contributed by atoms with Crippen LogP contribution in [0, 0.1) is 11.3 Å². The molecule has 9 heteroatoms. The van der Waals surface area contributed by atoms with Crippen LogP contribution in [0.5, 0.6) is 0 Å². The van der Waals surface area contributed by atoms with E-state index in [0.717, 1.165) is 42.4 Å². The summed E-state index contributed by atoms with van der Waals surface area (Å²) in [5.74, 6) is -1.04. The fraction of sp³-hybridized carbons (Fsp3) is 0.441. The summed E-state index contributed by atoms with van der Waals surface area (Å²) < 4.78 is 0. The van der Waals surface area contributed by atoms with Crippen molar-refractivity contribution in [1.82, 2.24) is 14.7 Å². The first-order chi connectivity index (χ1) is 20.8. The number of halogens is 2. The summed E-state index contributed by atoms with van der Waals surface area (Å²) in [7, 11) is 0. The first-order valence-corrected chi connectivity index (χ1v) is 16.0. The van der Waals surface area contributed by atoms with Crippen LogP contribution in [0.15, 0.2) is 54.6 Å². The lowest BCUT2D eigenvalue weighted by molar-refractivity contribution is -0.118. The van der Waals surface area contributed by atoms with E-state index in [2.05, 4.69) is 15.9 Å². The van der Waals surface area contributed by atoms with Gasteiger partial charge in [0, 0.05) is 24.1 Å². The summed E-state index contributed by atoms with van der Waals surface area (Å²) in [5, 5.41) is 12.1. The first kappa shape index (κ1) is 31.3. The first-order valence-electron chi connectivity index (χ1n) is 15.2. The maximum Gasteiger partial charge on any atom is 0.255 e. The molecule has 0 unspecified atom stereocenters. The number of nitriles is 1. The normalized spacial score (nSPS) is 17.4. The molecule has 0 radical (unpaired) electrons. The minimum Gasteiger partial charge on any atom is -0.368 e. The number of likely N-dealkylation sites (tertiary alicyclic amines) is 2. The molecule has 226 valence electrons. The fourth-order valence-corrected chi connectivity index (χ4v) is 6.96. The second-order valence-electron chi connectivity index (χ2n) is 11.8. The molecule has 0 saturated carbocycles. The van der Waals surface area contributed by atoms with Crippen molar-refractivity contribution in [2.75, 3.05) is 45.8 Å². The van der Waals surface area contributed by atoms with E-state index in [1.54, 1.807) is 18.2 Å². The number of hydrogen-bond acceptors (Lipinski definition) is 5. The molecule has 5 rings (SSSR count). The van der Waals surface area contributed by atoms with Crippen LogP contribution in [0.3, 0.4) is 0 Å². The van der Waals surface area contributed by atoms with Crippen molar-refractivity contribution >= 4 is 45.8 Å². The van der Waals surface area contributed by atoms with Crippen molar-refractivity contribution in [3.8, 4) is 6.07 Å². The van der Waals surface area contributed by atoms with Gasteiger partial charge in [0.25, 0.3) is 5.91 Å². The number of hydrogen-bond donors (Lipinski definition) is 1. The summed E-state index contributed by atoms with van der Waals surface area (Å²) in [6.07, 6.45) is 7.08. The average Bonchev–Trinajstić information content (AvgIpc) is 3.03. The standard InChI is InChI=1S/C34H39Cl2N5O2/c35-31-9-8-25(20-32(31)36)27(10-15-39-16-11-28(12-17-39)40-13-4-1-5-14-40)22-41(23-33(38)42)34(43)30-19-24(21-37)18-26-6-2-3-7-29(26)30/h2-3,6-9,18-20,27-28H,1,4-5,10-17,22-23H2,(H2,38,42)/t27-/m1/s1. The lowest BCUT2D eigenvalue weighted by atomic mass is 9.93. The number of nitrogens with zero attached hydrogens (tertiary/aromatic N) is 4. The van der Waals surface area contributed by atoms with E-state index in [9.17, 15) is 14.9 Å². The van der Waals surface area contributed by atoms with Crippen LogP contribution in [0.1, 0.15) is 65.9 Å². The molecule has 0 spiro atoms. The van der Waals surface area contributed by atoms with Crippen molar-refractivity contribution < 1.29 is 9.59 Å². The zero-order valence-corrected chi connectivity index (χ0v) is 26.0. The molecule has 2 amide bonds. The van der Waals surface area contributed by atoms with Gasteiger partial charge in [-0.25, -0.2) is 0 Å². The number of carbonyl (C=O) groups is 2. The number of benzene rings is 3. The largest absolute Gasteiger partial charge is 0.368 e. The van der Waals surface area contributed by atoms with Gasteiger partial charge >= 0.3 is 0 Å². The third kappa shape index (κ3) is 7.87. The maximum atomic E-state index is 14.1. The number of carbonyl (C=O) groups excluding carboxylic acids is 2.